The number of anilines is 1. The van der Waals surface area contributed by atoms with Crippen molar-refractivity contribution in [2.24, 2.45) is 0 Å². The van der Waals surface area contributed by atoms with Crippen molar-refractivity contribution in [2.45, 2.75) is 4.90 Å². The van der Waals surface area contributed by atoms with E-state index in [0.717, 1.165) is 20.8 Å². The summed E-state index contributed by atoms with van der Waals surface area (Å²) in [6.45, 7) is 0. The van der Waals surface area contributed by atoms with Crippen molar-refractivity contribution in [1.29, 1.82) is 0 Å². The summed E-state index contributed by atoms with van der Waals surface area (Å²) in [5.74, 6) is 0.396. The maximum atomic E-state index is 11.9. The SMILES string of the molecule is O=C(CSc1ccccc1)Nc1ccc2scnc2c1. The Morgan fingerprint density at radius 2 is 2.05 bits per heavy atom. The topological polar surface area (TPSA) is 42.0 Å². The van der Waals surface area contributed by atoms with Crippen molar-refractivity contribution in [1.82, 2.24) is 4.98 Å². The van der Waals surface area contributed by atoms with Gasteiger partial charge in [0, 0.05) is 10.6 Å². The minimum Gasteiger partial charge on any atom is -0.325 e. The molecule has 0 aliphatic rings. The van der Waals surface area contributed by atoms with Gasteiger partial charge in [0.2, 0.25) is 5.91 Å². The molecule has 3 aromatic rings. The zero-order chi connectivity index (χ0) is 13.8. The Morgan fingerprint density at radius 1 is 1.20 bits per heavy atom. The van der Waals surface area contributed by atoms with Crippen molar-refractivity contribution in [3.63, 3.8) is 0 Å². The van der Waals surface area contributed by atoms with Gasteiger partial charge in [-0.05, 0) is 30.3 Å². The zero-order valence-electron chi connectivity index (χ0n) is 10.6. The number of nitrogens with zero attached hydrogens (tertiary/aromatic N) is 1. The first-order valence-corrected chi connectivity index (χ1v) is 7.99. The number of amides is 1. The number of thioether (sulfide) groups is 1. The smallest absolute Gasteiger partial charge is 0.234 e. The third kappa shape index (κ3) is 3.18. The van der Waals surface area contributed by atoms with E-state index in [1.807, 2.05) is 54.0 Å². The number of fused-ring (bicyclic) bond motifs is 1. The molecule has 0 saturated heterocycles. The summed E-state index contributed by atoms with van der Waals surface area (Å²) < 4.78 is 1.13. The van der Waals surface area contributed by atoms with Crippen LogP contribution in [0.15, 0.2) is 58.9 Å². The molecule has 2 aromatic carbocycles. The number of benzene rings is 2. The molecule has 0 atom stereocenters. The highest BCUT2D eigenvalue weighted by atomic mass is 32.2. The fourth-order valence-corrected chi connectivity index (χ4v) is 3.18. The van der Waals surface area contributed by atoms with Crippen LogP contribution >= 0.6 is 23.1 Å². The van der Waals surface area contributed by atoms with Crippen LogP contribution < -0.4 is 5.32 Å². The summed E-state index contributed by atoms with van der Waals surface area (Å²) in [5.41, 5.74) is 3.52. The van der Waals surface area contributed by atoms with Crippen LogP contribution in [0, 0.1) is 0 Å². The highest BCUT2D eigenvalue weighted by Crippen LogP contribution is 2.22. The molecule has 0 radical (unpaired) electrons. The summed E-state index contributed by atoms with van der Waals surface area (Å²) in [4.78, 5) is 17.2. The molecular weight excluding hydrogens is 288 g/mol. The third-order valence-corrected chi connectivity index (χ3v) is 4.55. The second kappa shape index (κ2) is 6.07. The molecule has 0 aliphatic heterocycles. The van der Waals surface area contributed by atoms with Crippen molar-refractivity contribution in [2.75, 3.05) is 11.1 Å². The van der Waals surface area contributed by atoms with Crippen molar-refractivity contribution in [3.05, 3.63) is 54.0 Å². The number of hydrogen-bond acceptors (Lipinski definition) is 4. The average molecular weight is 300 g/mol. The number of carbonyl (C=O) groups excluding carboxylic acids is 1. The molecule has 0 aliphatic carbocycles. The van der Waals surface area contributed by atoms with E-state index >= 15 is 0 Å². The second-order valence-electron chi connectivity index (χ2n) is 4.18. The van der Waals surface area contributed by atoms with Crippen LogP contribution in [0.4, 0.5) is 5.69 Å². The second-order valence-corrected chi connectivity index (χ2v) is 6.12. The van der Waals surface area contributed by atoms with E-state index in [9.17, 15) is 4.79 Å². The highest BCUT2D eigenvalue weighted by molar-refractivity contribution is 8.00. The summed E-state index contributed by atoms with van der Waals surface area (Å²) >= 11 is 3.12. The van der Waals surface area contributed by atoms with Gasteiger partial charge >= 0.3 is 0 Å². The quantitative estimate of drug-likeness (QED) is 0.740. The Hall–Kier alpha value is -1.85. The Morgan fingerprint density at radius 3 is 2.90 bits per heavy atom. The number of nitrogens with one attached hydrogen (secondary N) is 1. The monoisotopic (exact) mass is 300 g/mol. The number of aromatic nitrogens is 1. The van der Waals surface area contributed by atoms with Gasteiger partial charge < -0.3 is 5.32 Å². The first kappa shape index (κ1) is 13.1. The lowest BCUT2D eigenvalue weighted by molar-refractivity contribution is -0.113. The molecule has 0 fully saturated rings. The molecule has 5 heteroatoms. The zero-order valence-corrected chi connectivity index (χ0v) is 12.2. The van der Waals surface area contributed by atoms with Crippen LogP contribution in [0.3, 0.4) is 0 Å². The molecule has 3 nitrogen and oxygen atoms in total. The normalized spacial score (nSPS) is 10.6. The Bertz CT molecular complexity index is 725. The molecule has 1 N–H and O–H groups in total. The summed E-state index contributed by atoms with van der Waals surface area (Å²) in [5, 5.41) is 2.90. The van der Waals surface area contributed by atoms with Gasteiger partial charge in [-0.25, -0.2) is 4.98 Å². The van der Waals surface area contributed by atoms with E-state index < -0.39 is 0 Å². The predicted molar refractivity (Wildman–Crippen MR) is 85.4 cm³/mol. The average Bonchev–Trinajstić information content (AvgIpc) is 2.94. The van der Waals surface area contributed by atoms with Crippen LogP contribution in [0.1, 0.15) is 0 Å². The molecule has 20 heavy (non-hydrogen) atoms. The first-order chi connectivity index (χ1) is 9.81. The molecular formula is C15H12N2OS2. The van der Waals surface area contributed by atoms with Gasteiger partial charge in [0.1, 0.15) is 0 Å². The van der Waals surface area contributed by atoms with Crippen LogP contribution in [-0.4, -0.2) is 16.6 Å². The molecule has 0 saturated carbocycles. The van der Waals surface area contributed by atoms with Gasteiger partial charge in [-0.2, -0.15) is 0 Å². The number of carbonyl (C=O) groups is 1. The van der Waals surface area contributed by atoms with Crippen molar-refractivity contribution >= 4 is 44.9 Å². The van der Waals surface area contributed by atoms with E-state index in [2.05, 4.69) is 10.3 Å². The van der Waals surface area contributed by atoms with E-state index in [-0.39, 0.29) is 5.91 Å². The lowest BCUT2D eigenvalue weighted by Crippen LogP contribution is -2.13. The van der Waals surface area contributed by atoms with Gasteiger partial charge in [0.15, 0.2) is 0 Å². The maximum Gasteiger partial charge on any atom is 0.234 e. The lowest BCUT2D eigenvalue weighted by atomic mass is 10.3. The molecule has 0 spiro atoms. The van der Waals surface area contributed by atoms with Gasteiger partial charge in [-0.3, -0.25) is 4.79 Å². The largest absolute Gasteiger partial charge is 0.325 e. The standard InChI is InChI=1S/C15H12N2OS2/c18-15(9-19-12-4-2-1-3-5-12)17-11-6-7-14-13(8-11)16-10-20-14/h1-8,10H,9H2,(H,17,18). The molecule has 1 amide bonds. The van der Waals surface area contributed by atoms with Crippen LogP contribution in [0.5, 0.6) is 0 Å². The first-order valence-electron chi connectivity index (χ1n) is 6.12. The number of hydrogen-bond donors (Lipinski definition) is 1. The van der Waals surface area contributed by atoms with Crippen LogP contribution in [0.2, 0.25) is 0 Å². The number of thiazole rings is 1. The fourth-order valence-electron chi connectivity index (χ4n) is 1.80. The third-order valence-electron chi connectivity index (χ3n) is 2.73. The lowest BCUT2D eigenvalue weighted by Gasteiger charge is -2.05. The van der Waals surface area contributed by atoms with Gasteiger partial charge in [-0.1, -0.05) is 18.2 Å². The van der Waals surface area contributed by atoms with Gasteiger partial charge in [0.05, 0.1) is 21.5 Å². The van der Waals surface area contributed by atoms with E-state index in [4.69, 9.17) is 0 Å². The summed E-state index contributed by atoms with van der Waals surface area (Å²) in [7, 11) is 0. The van der Waals surface area contributed by atoms with E-state index in [1.54, 1.807) is 11.3 Å². The molecule has 1 heterocycles. The Kier molecular flexibility index (Phi) is 3.99. The van der Waals surface area contributed by atoms with Crippen molar-refractivity contribution < 1.29 is 4.79 Å². The molecule has 1 aromatic heterocycles. The van der Waals surface area contributed by atoms with E-state index in [1.165, 1.54) is 11.8 Å². The minimum absolute atomic E-state index is 0.00608. The van der Waals surface area contributed by atoms with Crippen molar-refractivity contribution in [3.8, 4) is 0 Å². The number of rotatable bonds is 4. The Balaban J connectivity index is 1.61. The summed E-state index contributed by atoms with van der Waals surface area (Å²) in [6.07, 6.45) is 0. The highest BCUT2D eigenvalue weighted by Gasteiger charge is 2.05. The minimum atomic E-state index is -0.00608. The molecule has 3 rings (SSSR count). The fraction of sp³-hybridized carbons (Fsp3) is 0.0667. The van der Waals surface area contributed by atoms with Gasteiger partial charge in [0.25, 0.3) is 0 Å². The summed E-state index contributed by atoms with van der Waals surface area (Å²) in [6, 6.07) is 15.7. The molecule has 0 unspecified atom stereocenters. The predicted octanol–water partition coefficient (Wildman–Crippen LogP) is 4.03. The van der Waals surface area contributed by atoms with Gasteiger partial charge in [-0.15, -0.1) is 23.1 Å². The molecule has 0 bridgehead atoms. The maximum absolute atomic E-state index is 11.9. The van der Waals surface area contributed by atoms with Crippen LogP contribution in [-0.2, 0) is 4.79 Å². The Labute approximate surface area is 125 Å². The van der Waals surface area contributed by atoms with Crippen LogP contribution in [0.25, 0.3) is 10.2 Å². The van der Waals surface area contributed by atoms with E-state index in [0.29, 0.717) is 5.75 Å². The molecule has 100 valence electrons.